The molecule has 0 radical (unpaired) electrons. The molecule has 0 aliphatic heterocycles. The van der Waals surface area contributed by atoms with Crippen LogP contribution in [0.15, 0.2) is 140 Å². The molecule has 0 aromatic heterocycles. The molecule has 0 fully saturated rings. The molecule has 0 atom stereocenters. The van der Waals surface area contributed by atoms with Crippen LogP contribution < -0.4 is 15.6 Å². The maximum Gasteiger partial charge on any atom is 0.417 e. The van der Waals surface area contributed by atoms with E-state index in [4.69, 9.17) is 0 Å². The first-order valence-corrected chi connectivity index (χ1v) is 14.7. The minimum Gasteiger partial charge on any atom is -0.166 e. The molecule has 0 saturated carbocycles. The molecule has 0 N–H and O–H groups in total. The highest BCUT2D eigenvalue weighted by molar-refractivity contribution is 7.16. The quantitative estimate of drug-likeness (QED) is 0.0997. The van der Waals surface area contributed by atoms with Crippen molar-refractivity contribution < 1.29 is 13.2 Å². The van der Waals surface area contributed by atoms with Gasteiger partial charge in [0, 0.05) is 5.56 Å². The van der Waals surface area contributed by atoms with E-state index in [9.17, 15) is 13.2 Å². The summed E-state index contributed by atoms with van der Waals surface area (Å²) in [5, 5.41) is 4.71. The van der Waals surface area contributed by atoms with Gasteiger partial charge >= 0.3 is 6.18 Å². The molecule has 0 aliphatic rings. The van der Waals surface area contributed by atoms with Crippen LogP contribution in [0.25, 0.3) is 21.5 Å². The molecule has 0 spiro atoms. The Kier molecular flexibility index (Phi) is 6.30. The lowest BCUT2D eigenvalue weighted by atomic mass is 9.92. The van der Waals surface area contributed by atoms with Gasteiger partial charge < -0.3 is 0 Å². The van der Waals surface area contributed by atoms with Crippen LogP contribution in [0.5, 0.6) is 0 Å². The fraction of sp³-hybridized carbons (Fsp3) is 0.0286. The molecule has 188 valence electrons. The maximum absolute atomic E-state index is 14.4. The number of rotatable bonds is 3. The Morgan fingerprint density at radius 2 is 0.769 bits per heavy atom. The number of benzene rings is 6. The molecular weight excluding hydrogens is 505 g/mol. The van der Waals surface area contributed by atoms with E-state index in [0.717, 1.165) is 15.6 Å². The highest BCUT2D eigenvalue weighted by atomic mass is 28.3. The van der Waals surface area contributed by atoms with Gasteiger partial charge in [-0.05, 0) is 37.1 Å². The third kappa shape index (κ3) is 4.31. The Morgan fingerprint density at radius 3 is 1.13 bits per heavy atom. The third-order valence-corrected chi connectivity index (χ3v) is 11.3. The number of fused-ring (bicyclic) bond motifs is 2. The van der Waals surface area contributed by atoms with E-state index in [1.807, 2.05) is 54.6 Å². The Hall–Kier alpha value is -4.59. The van der Waals surface area contributed by atoms with E-state index in [-0.39, 0.29) is 10.8 Å². The van der Waals surface area contributed by atoms with Gasteiger partial charge in [0.05, 0.1) is 5.56 Å². The number of hydrogen-bond acceptors (Lipinski definition) is 0. The molecule has 6 aromatic rings. The number of halogens is 3. The van der Waals surface area contributed by atoms with E-state index < -0.39 is 19.8 Å². The summed E-state index contributed by atoms with van der Waals surface area (Å²) in [7, 11) is -2.91. The van der Waals surface area contributed by atoms with Crippen LogP contribution in [0.3, 0.4) is 0 Å². The highest BCUT2D eigenvalue weighted by Crippen LogP contribution is 2.42. The van der Waals surface area contributed by atoms with Crippen molar-refractivity contribution >= 4 is 45.2 Å². The van der Waals surface area contributed by atoms with Gasteiger partial charge in [0.2, 0.25) is 8.07 Å². The summed E-state index contributed by atoms with van der Waals surface area (Å²) < 4.78 is 43.2. The smallest absolute Gasteiger partial charge is 0.166 e. The molecule has 0 bridgehead atoms. The van der Waals surface area contributed by atoms with Gasteiger partial charge in [0.15, 0.2) is 0 Å². The summed E-state index contributed by atoms with van der Waals surface area (Å²) in [5.41, 5.74) is 3.75. The molecule has 0 unspecified atom stereocenters. The highest BCUT2D eigenvalue weighted by Gasteiger charge is 2.39. The third-order valence-electron chi connectivity index (χ3n) is 7.21. The summed E-state index contributed by atoms with van der Waals surface area (Å²) in [4.78, 5) is 0. The van der Waals surface area contributed by atoms with Gasteiger partial charge in [-0.25, -0.2) is 0 Å². The van der Waals surface area contributed by atoms with Gasteiger partial charge in [-0.2, -0.15) is 13.2 Å². The minimum absolute atomic E-state index is 0.166. The summed E-state index contributed by atoms with van der Waals surface area (Å²) in [5.74, 6) is 3.49. The molecule has 0 amide bonds. The van der Waals surface area contributed by atoms with Crippen molar-refractivity contribution in [1.82, 2.24) is 0 Å². The van der Waals surface area contributed by atoms with Crippen LogP contribution in [-0.2, 0) is 6.18 Å². The maximum atomic E-state index is 14.4. The Bertz CT molecular complexity index is 1680. The van der Waals surface area contributed by atoms with Crippen molar-refractivity contribution in [2.45, 2.75) is 6.18 Å². The summed E-state index contributed by atoms with van der Waals surface area (Å²) in [6, 6.07) is 44.2. The SMILES string of the molecule is FC(F)(F)c1c2ccccc2c(C#C[Si](c2ccccc2)(c2ccccc2)c2ccccc2)c2ccccc12. The van der Waals surface area contributed by atoms with Crippen LogP contribution in [0.2, 0.25) is 0 Å². The average molecular weight is 529 g/mol. The van der Waals surface area contributed by atoms with Crippen molar-refractivity contribution in [3.8, 4) is 11.5 Å². The lowest BCUT2D eigenvalue weighted by Crippen LogP contribution is -2.66. The molecule has 6 aromatic carbocycles. The fourth-order valence-electron chi connectivity index (χ4n) is 5.51. The van der Waals surface area contributed by atoms with Gasteiger partial charge in [-0.15, -0.1) is 5.54 Å². The van der Waals surface area contributed by atoms with E-state index in [2.05, 4.69) is 47.9 Å². The summed E-state index contributed by atoms with van der Waals surface area (Å²) in [6.45, 7) is 0. The second kappa shape index (κ2) is 9.94. The first-order chi connectivity index (χ1) is 19.0. The molecule has 0 heterocycles. The predicted molar refractivity (Wildman–Crippen MR) is 157 cm³/mol. The van der Waals surface area contributed by atoms with Crippen LogP contribution in [0.4, 0.5) is 13.2 Å². The van der Waals surface area contributed by atoms with E-state index >= 15 is 0 Å². The topological polar surface area (TPSA) is 0 Å². The van der Waals surface area contributed by atoms with Crippen molar-refractivity contribution in [2.75, 3.05) is 0 Å². The minimum atomic E-state index is -4.50. The largest absolute Gasteiger partial charge is 0.417 e. The molecule has 4 heteroatoms. The van der Waals surface area contributed by atoms with Gasteiger partial charge in [-0.1, -0.05) is 145 Å². The fourth-order valence-corrected chi connectivity index (χ4v) is 9.33. The van der Waals surface area contributed by atoms with E-state index in [1.54, 1.807) is 48.5 Å². The summed E-state index contributed by atoms with van der Waals surface area (Å²) >= 11 is 0. The second-order valence-corrected chi connectivity index (χ2v) is 12.9. The van der Waals surface area contributed by atoms with Crippen molar-refractivity contribution in [2.24, 2.45) is 0 Å². The summed E-state index contributed by atoms with van der Waals surface area (Å²) in [6.07, 6.45) is -4.50. The Balaban J connectivity index is 1.75. The van der Waals surface area contributed by atoms with Crippen LogP contribution >= 0.6 is 0 Å². The molecular formula is C35H23F3Si. The van der Waals surface area contributed by atoms with E-state index in [1.165, 1.54) is 0 Å². The van der Waals surface area contributed by atoms with Crippen molar-refractivity contribution in [3.05, 3.63) is 151 Å². The Morgan fingerprint density at radius 1 is 0.436 bits per heavy atom. The Labute approximate surface area is 226 Å². The molecule has 0 aliphatic carbocycles. The predicted octanol–water partition coefficient (Wildman–Crippen LogP) is 7.07. The monoisotopic (exact) mass is 528 g/mol. The van der Waals surface area contributed by atoms with Crippen LogP contribution in [0.1, 0.15) is 11.1 Å². The second-order valence-electron chi connectivity index (χ2n) is 9.44. The number of hydrogen-bond donors (Lipinski definition) is 0. The zero-order valence-electron chi connectivity index (χ0n) is 20.9. The lowest BCUT2D eigenvalue weighted by Gasteiger charge is -2.28. The van der Waals surface area contributed by atoms with Gasteiger partial charge in [0.25, 0.3) is 0 Å². The first kappa shape index (κ1) is 24.7. The van der Waals surface area contributed by atoms with Crippen molar-refractivity contribution in [3.63, 3.8) is 0 Å². The normalized spacial score (nSPS) is 11.8. The number of alkyl halides is 3. The molecule has 6 rings (SSSR count). The zero-order valence-corrected chi connectivity index (χ0v) is 21.9. The lowest BCUT2D eigenvalue weighted by molar-refractivity contribution is -0.135. The molecule has 0 nitrogen and oxygen atoms in total. The zero-order chi connectivity index (χ0) is 26.9. The average Bonchev–Trinajstić information content (AvgIpc) is 2.98. The van der Waals surface area contributed by atoms with Gasteiger partial charge in [-0.3, -0.25) is 0 Å². The standard InChI is InChI=1S/C35H23F3Si/c36-35(37,38)34-32-22-12-10-20-29(32)31(30-21-11-13-23-33(30)34)24-25-39(26-14-4-1-5-15-26,27-16-6-2-7-17-27)28-18-8-3-9-19-28/h1-23H. The van der Waals surface area contributed by atoms with Crippen LogP contribution in [0, 0.1) is 11.5 Å². The van der Waals surface area contributed by atoms with Gasteiger partial charge in [0.1, 0.15) is 0 Å². The molecule has 39 heavy (non-hydrogen) atoms. The van der Waals surface area contributed by atoms with Crippen LogP contribution in [-0.4, -0.2) is 8.07 Å². The first-order valence-electron chi connectivity index (χ1n) is 12.7. The van der Waals surface area contributed by atoms with Crippen molar-refractivity contribution in [1.29, 1.82) is 0 Å². The van der Waals surface area contributed by atoms with E-state index in [0.29, 0.717) is 16.3 Å². The molecule has 0 saturated heterocycles.